The van der Waals surface area contributed by atoms with E-state index in [0.29, 0.717) is 26.6 Å². The molecule has 19 heavy (non-hydrogen) atoms. The first kappa shape index (κ1) is 14.3. The van der Waals surface area contributed by atoms with Crippen LogP contribution >= 0.6 is 27.5 Å². The summed E-state index contributed by atoms with van der Waals surface area (Å²) in [5, 5.41) is 9.80. The summed E-state index contributed by atoms with van der Waals surface area (Å²) in [7, 11) is 0. The van der Waals surface area contributed by atoms with E-state index in [0.717, 1.165) is 0 Å². The van der Waals surface area contributed by atoms with Gasteiger partial charge in [0.25, 0.3) is 0 Å². The van der Waals surface area contributed by atoms with Crippen LogP contribution in [0.25, 0.3) is 0 Å². The Morgan fingerprint density at radius 1 is 1.26 bits per heavy atom. The van der Waals surface area contributed by atoms with E-state index in [1.54, 1.807) is 37.3 Å². The second-order valence-electron chi connectivity index (χ2n) is 4.04. The van der Waals surface area contributed by atoms with Crippen molar-refractivity contribution in [2.75, 3.05) is 0 Å². The monoisotopic (exact) mass is 344 g/mol. The third-order valence-corrected chi connectivity index (χ3v) is 3.50. The molecule has 0 heterocycles. The molecule has 0 aromatic heterocycles. The number of halogens is 3. The summed E-state index contributed by atoms with van der Waals surface area (Å²) in [5.74, 6) is 0.356. The van der Waals surface area contributed by atoms with Crippen LogP contribution in [-0.2, 0) is 0 Å². The van der Waals surface area contributed by atoms with Crippen LogP contribution < -0.4 is 4.74 Å². The highest BCUT2D eigenvalue weighted by Crippen LogP contribution is 2.32. The Morgan fingerprint density at radius 3 is 2.58 bits per heavy atom. The Bertz CT molecular complexity index is 602. The summed E-state index contributed by atoms with van der Waals surface area (Å²) < 4.78 is 19.2. The molecule has 2 aromatic carbocycles. The molecule has 0 aliphatic rings. The summed E-state index contributed by atoms with van der Waals surface area (Å²) >= 11 is 9.13. The van der Waals surface area contributed by atoms with E-state index < -0.39 is 11.9 Å². The van der Waals surface area contributed by atoms with Gasteiger partial charge in [0.15, 0.2) is 0 Å². The van der Waals surface area contributed by atoms with Gasteiger partial charge in [-0.05, 0) is 52.7 Å². The highest BCUT2D eigenvalue weighted by molar-refractivity contribution is 9.10. The maximum atomic E-state index is 13.4. The van der Waals surface area contributed by atoms with Crippen molar-refractivity contribution in [2.24, 2.45) is 0 Å². The van der Waals surface area contributed by atoms with Crippen molar-refractivity contribution in [3.05, 3.63) is 57.3 Å². The van der Waals surface area contributed by atoms with Crippen molar-refractivity contribution in [1.82, 2.24) is 0 Å². The fourth-order valence-electron chi connectivity index (χ4n) is 1.53. The van der Waals surface area contributed by atoms with Crippen LogP contribution in [0.3, 0.4) is 0 Å². The molecule has 0 bridgehead atoms. The van der Waals surface area contributed by atoms with Gasteiger partial charge in [-0.2, -0.15) is 0 Å². The molecule has 0 radical (unpaired) electrons. The van der Waals surface area contributed by atoms with E-state index in [1.807, 2.05) is 0 Å². The average Bonchev–Trinajstić information content (AvgIpc) is 2.36. The zero-order valence-electron chi connectivity index (χ0n) is 10.0. The molecular formula is C14H11BrClFO2. The second kappa shape index (κ2) is 5.90. The Morgan fingerprint density at radius 2 is 2.00 bits per heavy atom. The summed E-state index contributed by atoms with van der Waals surface area (Å²) in [6.45, 7) is 1.65. The fraction of sp³-hybridized carbons (Fsp3) is 0.143. The van der Waals surface area contributed by atoms with E-state index in [-0.39, 0.29) is 0 Å². The lowest BCUT2D eigenvalue weighted by Gasteiger charge is -2.10. The lowest BCUT2D eigenvalue weighted by Crippen LogP contribution is -1.92. The maximum Gasteiger partial charge on any atom is 0.146 e. The molecule has 0 saturated carbocycles. The Hall–Kier alpha value is -1.10. The van der Waals surface area contributed by atoms with Gasteiger partial charge in [0, 0.05) is 6.07 Å². The van der Waals surface area contributed by atoms with Gasteiger partial charge >= 0.3 is 0 Å². The number of hydrogen-bond acceptors (Lipinski definition) is 2. The normalized spacial score (nSPS) is 12.3. The molecule has 0 aliphatic heterocycles. The van der Waals surface area contributed by atoms with Crippen molar-refractivity contribution >= 4 is 27.5 Å². The standard InChI is InChI=1S/C14H11BrClFO2/c1-8(18)9-2-5-14(12(16)6-9)19-10-3-4-11(15)13(17)7-10/h2-8,18H,1H3/t8-/m1/s1. The van der Waals surface area contributed by atoms with Crippen molar-refractivity contribution < 1.29 is 14.2 Å². The third kappa shape index (κ3) is 3.47. The smallest absolute Gasteiger partial charge is 0.146 e. The van der Waals surface area contributed by atoms with Crippen molar-refractivity contribution in [2.45, 2.75) is 13.0 Å². The zero-order chi connectivity index (χ0) is 14.0. The van der Waals surface area contributed by atoms with Gasteiger partial charge in [0.2, 0.25) is 0 Å². The van der Waals surface area contributed by atoms with Gasteiger partial charge in [-0.25, -0.2) is 4.39 Å². The average molecular weight is 346 g/mol. The highest BCUT2D eigenvalue weighted by atomic mass is 79.9. The van der Waals surface area contributed by atoms with Gasteiger partial charge in [-0.3, -0.25) is 0 Å². The Kier molecular flexibility index (Phi) is 4.45. The van der Waals surface area contributed by atoms with Crippen LogP contribution in [0, 0.1) is 5.82 Å². The van der Waals surface area contributed by atoms with E-state index in [1.165, 1.54) is 6.07 Å². The molecule has 0 spiro atoms. The van der Waals surface area contributed by atoms with Crippen molar-refractivity contribution in [3.8, 4) is 11.5 Å². The minimum atomic E-state index is -0.600. The zero-order valence-corrected chi connectivity index (χ0v) is 12.4. The molecule has 1 N–H and O–H groups in total. The predicted octanol–water partition coefficient (Wildman–Crippen LogP) is 5.09. The van der Waals surface area contributed by atoms with E-state index in [9.17, 15) is 9.50 Å². The maximum absolute atomic E-state index is 13.4. The molecule has 2 aromatic rings. The fourth-order valence-corrected chi connectivity index (χ4v) is 2.00. The van der Waals surface area contributed by atoms with Gasteiger partial charge in [-0.1, -0.05) is 17.7 Å². The minimum absolute atomic E-state index is 0.354. The van der Waals surface area contributed by atoms with Crippen LogP contribution in [0.2, 0.25) is 5.02 Å². The minimum Gasteiger partial charge on any atom is -0.456 e. The summed E-state index contributed by atoms with van der Waals surface area (Å²) in [4.78, 5) is 0. The van der Waals surface area contributed by atoms with Gasteiger partial charge in [0.05, 0.1) is 15.6 Å². The Balaban J connectivity index is 2.25. The molecule has 0 amide bonds. The lowest BCUT2D eigenvalue weighted by atomic mass is 10.1. The van der Waals surface area contributed by atoms with Crippen LogP contribution in [0.1, 0.15) is 18.6 Å². The van der Waals surface area contributed by atoms with E-state index >= 15 is 0 Å². The molecule has 0 aliphatic carbocycles. The SMILES string of the molecule is C[C@@H](O)c1ccc(Oc2ccc(Br)c(F)c2)c(Cl)c1. The molecule has 1 atom stereocenters. The number of aliphatic hydroxyl groups excluding tert-OH is 1. The quantitative estimate of drug-likeness (QED) is 0.840. The number of aliphatic hydroxyl groups is 1. The first-order valence-electron chi connectivity index (χ1n) is 5.58. The molecule has 0 unspecified atom stereocenters. The van der Waals surface area contributed by atoms with E-state index in [4.69, 9.17) is 16.3 Å². The van der Waals surface area contributed by atoms with Crippen LogP contribution in [0.4, 0.5) is 4.39 Å². The number of rotatable bonds is 3. The van der Waals surface area contributed by atoms with Crippen molar-refractivity contribution in [1.29, 1.82) is 0 Å². The summed E-state index contributed by atoms with van der Waals surface area (Å²) in [5.41, 5.74) is 0.694. The lowest BCUT2D eigenvalue weighted by molar-refractivity contribution is 0.199. The highest BCUT2D eigenvalue weighted by Gasteiger charge is 2.08. The summed E-state index contributed by atoms with van der Waals surface area (Å²) in [6, 6.07) is 9.43. The van der Waals surface area contributed by atoms with E-state index in [2.05, 4.69) is 15.9 Å². The van der Waals surface area contributed by atoms with Crippen LogP contribution in [0.5, 0.6) is 11.5 Å². The van der Waals surface area contributed by atoms with Gasteiger partial charge < -0.3 is 9.84 Å². The molecule has 5 heteroatoms. The number of ether oxygens (including phenoxy) is 1. The molecule has 100 valence electrons. The summed E-state index contributed by atoms with van der Waals surface area (Å²) in [6.07, 6.45) is -0.600. The molecule has 0 fully saturated rings. The topological polar surface area (TPSA) is 29.5 Å². The van der Waals surface area contributed by atoms with Crippen LogP contribution in [0.15, 0.2) is 40.9 Å². The second-order valence-corrected chi connectivity index (χ2v) is 5.31. The van der Waals surface area contributed by atoms with Crippen LogP contribution in [-0.4, -0.2) is 5.11 Å². The Labute approximate surface area is 123 Å². The number of hydrogen-bond donors (Lipinski definition) is 1. The van der Waals surface area contributed by atoms with Crippen molar-refractivity contribution in [3.63, 3.8) is 0 Å². The van der Waals surface area contributed by atoms with Gasteiger partial charge in [0.1, 0.15) is 17.3 Å². The largest absolute Gasteiger partial charge is 0.456 e. The van der Waals surface area contributed by atoms with Gasteiger partial charge in [-0.15, -0.1) is 0 Å². The molecule has 0 saturated heterocycles. The molecule has 2 nitrogen and oxygen atoms in total. The molecule has 2 rings (SSSR count). The third-order valence-electron chi connectivity index (χ3n) is 2.56. The predicted molar refractivity (Wildman–Crippen MR) is 76.3 cm³/mol. The number of benzene rings is 2. The first-order chi connectivity index (χ1) is 8.97. The first-order valence-corrected chi connectivity index (χ1v) is 6.75. The molecular weight excluding hydrogens is 335 g/mol.